The van der Waals surface area contributed by atoms with E-state index < -0.39 is 11.3 Å². The molecule has 0 unspecified atom stereocenters. The molecule has 6 heteroatoms. The molecule has 0 bridgehead atoms. The largest absolute Gasteiger partial charge is 0.326 e. The second-order valence-electron chi connectivity index (χ2n) is 7.23. The molecule has 0 aromatic heterocycles. The van der Waals surface area contributed by atoms with Crippen LogP contribution in [0.15, 0.2) is 48.5 Å². The van der Waals surface area contributed by atoms with E-state index in [-0.39, 0.29) is 11.8 Å². The van der Waals surface area contributed by atoms with Crippen LogP contribution in [-0.4, -0.2) is 24.3 Å². The van der Waals surface area contributed by atoms with Crippen molar-refractivity contribution in [2.24, 2.45) is 5.41 Å². The molecule has 0 aliphatic rings. The third-order valence-corrected chi connectivity index (χ3v) is 4.44. The van der Waals surface area contributed by atoms with Crippen LogP contribution in [0.3, 0.4) is 0 Å². The Bertz CT molecular complexity index is 873. The maximum Gasteiger partial charge on any atom is 0.242 e. The van der Waals surface area contributed by atoms with Crippen molar-refractivity contribution < 1.29 is 14.4 Å². The number of hydrogen-bond acceptors (Lipinski definition) is 3. The maximum absolute atomic E-state index is 13.1. The average Bonchev–Trinajstić information content (AvgIpc) is 2.63. The predicted molar refractivity (Wildman–Crippen MR) is 112 cm³/mol. The molecule has 2 rings (SSSR count). The van der Waals surface area contributed by atoms with Crippen molar-refractivity contribution >= 4 is 34.8 Å². The molecular formula is C22H27N3O3. The molecular weight excluding hydrogens is 354 g/mol. The number of aryl methyl sites for hydroxylation is 1. The first kappa shape index (κ1) is 21.2. The number of benzene rings is 2. The van der Waals surface area contributed by atoms with E-state index in [9.17, 15) is 14.4 Å². The highest BCUT2D eigenvalue weighted by molar-refractivity contribution is 6.14. The first-order chi connectivity index (χ1) is 13.1. The normalized spacial score (nSPS) is 10.9. The van der Waals surface area contributed by atoms with Crippen LogP contribution in [0.2, 0.25) is 0 Å². The van der Waals surface area contributed by atoms with Gasteiger partial charge in [0.25, 0.3) is 0 Å². The van der Waals surface area contributed by atoms with Crippen LogP contribution in [0.5, 0.6) is 0 Å². The van der Waals surface area contributed by atoms with Crippen LogP contribution >= 0.6 is 0 Å². The van der Waals surface area contributed by atoms with Crippen molar-refractivity contribution in [1.29, 1.82) is 0 Å². The van der Waals surface area contributed by atoms with Crippen LogP contribution < -0.4 is 15.5 Å². The summed E-state index contributed by atoms with van der Waals surface area (Å²) in [4.78, 5) is 38.7. The molecule has 2 N–H and O–H groups in total. The van der Waals surface area contributed by atoms with Crippen LogP contribution in [0.25, 0.3) is 0 Å². The van der Waals surface area contributed by atoms with Gasteiger partial charge in [0.2, 0.25) is 17.7 Å². The van der Waals surface area contributed by atoms with Gasteiger partial charge in [0, 0.05) is 30.5 Å². The molecule has 0 fully saturated rings. The fourth-order valence-electron chi connectivity index (χ4n) is 2.80. The Morgan fingerprint density at radius 2 is 1.54 bits per heavy atom. The number of rotatable bonds is 6. The highest BCUT2D eigenvalue weighted by atomic mass is 16.2. The molecule has 3 amide bonds. The molecule has 28 heavy (non-hydrogen) atoms. The minimum Gasteiger partial charge on any atom is -0.326 e. The van der Waals surface area contributed by atoms with Crippen molar-refractivity contribution in [2.75, 3.05) is 22.1 Å². The van der Waals surface area contributed by atoms with Crippen LogP contribution in [0.1, 0.15) is 33.3 Å². The first-order valence-electron chi connectivity index (χ1n) is 9.23. The van der Waals surface area contributed by atoms with Crippen LogP contribution in [0, 0.1) is 12.3 Å². The molecule has 6 nitrogen and oxygen atoms in total. The Morgan fingerprint density at radius 3 is 2.04 bits per heavy atom. The lowest BCUT2D eigenvalue weighted by molar-refractivity contribution is -0.136. The summed E-state index contributed by atoms with van der Waals surface area (Å²) < 4.78 is 0. The van der Waals surface area contributed by atoms with Crippen molar-refractivity contribution in [3.05, 3.63) is 54.1 Å². The molecule has 0 saturated heterocycles. The number of nitrogens with zero attached hydrogens (tertiary/aromatic N) is 1. The summed E-state index contributed by atoms with van der Waals surface area (Å²) >= 11 is 0. The standard InChI is InChI=1S/C22H27N3O3/c1-6-25(19-9-7-8-15(2)14-19)21(28)22(4,5)20(27)24-18-12-10-17(11-13-18)23-16(3)26/h7-14H,6H2,1-5H3,(H,23,26)(H,24,27). The second kappa shape index (κ2) is 8.69. The van der Waals surface area contributed by atoms with Crippen molar-refractivity contribution in [3.8, 4) is 0 Å². The van der Waals surface area contributed by atoms with Gasteiger partial charge in [0.05, 0.1) is 0 Å². The topological polar surface area (TPSA) is 78.5 Å². The number of carbonyl (C=O) groups is 3. The third-order valence-electron chi connectivity index (χ3n) is 4.44. The van der Waals surface area contributed by atoms with Gasteiger partial charge in [-0.15, -0.1) is 0 Å². The minimum absolute atomic E-state index is 0.167. The first-order valence-corrected chi connectivity index (χ1v) is 9.23. The smallest absolute Gasteiger partial charge is 0.242 e. The Kier molecular flexibility index (Phi) is 6.57. The SMILES string of the molecule is CCN(C(=O)C(C)(C)C(=O)Nc1ccc(NC(C)=O)cc1)c1cccc(C)c1. The summed E-state index contributed by atoms with van der Waals surface area (Å²) in [6.45, 7) is 8.98. The van der Waals surface area contributed by atoms with Gasteiger partial charge in [-0.2, -0.15) is 0 Å². The Labute approximate surface area is 165 Å². The van der Waals surface area contributed by atoms with E-state index in [4.69, 9.17) is 0 Å². The number of amides is 3. The molecule has 0 radical (unpaired) electrons. The summed E-state index contributed by atoms with van der Waals surface area (Å²) in [5.74, 6) is -0.830. The van der Waals surface area contributed by atoms with Gasteiger partial charge in [0.1, 0.15) is 5.41 Å². The van der Waals surface area contributed by atoms with Gasteiger partial charge in [-0.1, -0.05) is 12.1 Å². The fourth-order valence-corrected chi connectivity index (χ4v) is 2.80. The molecule has 0 saturated carbocycles. The summed E-state index contributed by atoms with van der Waals surface area (Å²) in [6, 6.07) is 14.4. The van der Waals surface area contributed by atoms with Crippen molar-refractivity contribution in [2.45, 2.75) is 34.6 Å². The highest BCUT2D eigenvalue weighted by Gasteiger charge is 2.39. The number of nitrogens with one attached hydrogen (secondary N) is 2. The van der Waals surface area contributed by atoms with E-state index in [0.717, 1.165) is 11.3 Å². The third kappa shape index (κ3) is 4.97. The van der Waals surface area contributed by atoms with E-state index in [1.54, 1.807) is 43.0 Å². The van der Waals surface area contributed by atoms with Crippen LogP contribution in [-0.2, 0) is 14.4 Å². The lowest BCUT2D eigenvalue weighted by atomic mass is 9.89. The van der Waals surface area contributed by atoms with Gasteiger partial charge in [0.15, 0.2) is 0 Å². The maximum atomic E-state index is 13.1. The van der Waals surface area contributed by atoms with E-state index in [0.29, 0.717) is 17.9 Å². The molecule has 0 heterocycles. The average molecular weight is 381 g/mol. The molecule has 0 aliphatic carbocycles. The second-order valence-corrected chi connectivity index (χ2v) is 7.23. The van der Waals surface area contributed by atoms with Gasteiger partial charge < -0.3 is 15.5 Å². The lowest BCUT2D eigenvalue weighted by Crippen LogP contribution is -2.47. The van der Waals surface area contributed by atoms with Gasteiger partial charge in [-0.25, -0.2) is 0 Å². The van der Waals surface area contributed by atoms with Crippen molar-refractivity contribution in [1.82, 2.24) is 0 Å². The fraction of sp³-hybridized carbons (Fsp3) is 0.318. The lowest BCUT2D eigenvalue weighted by Gasteiger charge is -2.30. The summed E-state index contributed by atoms with van der Waals surface area (Å²) in [7, 11) is 0. The zero-order valence-electron chi connectivity index (χ0n) is 17.0. The van der Waals surface area contributed by atoms with E-state index >= 15 is 0 Å². The molecule has 2 aromatic carbocycles. The van der Waals surface area contributed by atoms with E-state index in [1.807, 2.05) is 38.1 Å². The monoisotopic (exact) mass is 381 g/mol. The Balaban J connectivity index is 2.16. The Morgan fingerprint density at radius 1 is 0.964 bits per heavy atom. The van der Waals surface area contributed by atoms with E-state index in [1.165, 1.54) is 6.92 Å². The summed E-state index contributed by atoms with van der Waals surface area (Å²) in [6.07, 6.45) is 0. The van der Waals surface area contributed by atoms with E-state index in [2.05, 4.69) is 10.6 Å². The van der Waals surface area contributed by atoms with Crippen LogP contribution in [0.4, 0.5) is 17.1 Å². The number of carbonyl (C=O) groups excluding carboxylic acids is 3. The molecule has 0 aliphatic heterocycles. The minimum atomic E-state index is -1.25. The zero-order chi connectivity index (χ0) is 20.9. The van der Waals surface area contributed by atoms with Crippen molar-refractivity contribution in [3.63, 3.8) is 0 Å². The number of anilines is 3. The molecule has 0 spiro atoms. The summed E-state index contributed by atoms with van der Waals surface area (Å²) in [5, 5.41) is 5.45. The van der Waals surface area contributed by atoms with Gasteiger partial charge in [-0.3, -0.25) is 14.4 Å². The summed E-state index contributed by atoms with van der Waals surface area (Å²) in [5.41, 5.74) is 1.75. The van der Waals surface area contributed by atoms with Gasteiger partial charge in [-0.05, 0) is 69.7 Å². The quantitative estimate of drug-likeness (QED) is 0.743. The predicted octanol–water partition coefficient (Wildman–Crippen LogP) is 3.97. The Hall–Kier alpha value is -3.15. The molecule has 0 atom stereocenters. The molecule has 2 aromatic rings. The zero-order valence-corrected chi connectivity index (χ0v) is 17.0. The molecule has 148 valence electrons. The number of hydrogen-bond donors (Lipinski definition) is 2. The highest BCUT2D eigenvalue weighted by Crippen LogP contribution is 2.26. The van der Waals surface area contributed by atoms with Gasteiger partial charge >= 0.3 is 0 Å².